The van der Waals surface area contributed by atoms with E-state index >= 15 is 0 Å². The summed E-state index contributed by atoms with van der Waals surface area (Å²) in [5, 5.41) is 11.6. The van der Waals surface area contributed by atoms with Crippen LogP contribution in [0.4, 0.5) is 0 Å². The number of hydrogen-bond donors (Lipinski definition) is 2. The van der Waals surface area contributed by atoms with E-state index in [0.717, 1.165) is 25.7 Å². The average molecular weight is 263 g/mol. The molecule has 1 aliphatic carbocycles. The Kier molecular flexibility index (Phi) is 4.27. The van der Waals surface area contributed by atoms with Crippen molar-refractivity contribution in [3.63, 3.8) is 0 Å². The van der Waals surface area contributed by atoms with Gasteiger partial charge in [0.25, 0.3) is 5.91 Å². The summed E-state index contributed by atoms with van der Waals surface area (Å²) < 4.78 is 0. The molecule has 2 rings (SSSR count). The number of oxime groups is 1. The van der Waals surface area contributed by atoms with E-state index in [1.165, 1.54) is 18.6 Å². The fourth-order valence-corrected chi connectivity index (χ4v) is 2.35. The lowest BCUT2D eigenvalue weighted by Gasteiger charge is -2.27. The molecule has 102 valence electrons. The second-order valence-electron chi connectivity index (χ2n) is 4.55. The molecular weight excluding hydrogens is 246 g/mol. The molecule has 0 saturated heterocycles. The third kappa shape index (κ3) is 3.18. The Morgan fingerprint density at radius 3 is 2.79 bits per heavy atom. The van der Waals surface area contributed by atoms with Gasteiger partial charge in [0.1, 0.15) is 5.69 Å². The molecule has 1 saturated carbocycles. The zero-order valence-corrected chi connectivity index (χ0v) is 10.6. The van der Waals surface area contributed by atoms with E-state index in [9.17, 15) is 4.79 Å². The topological polar surface area (TPSA) is 105 Å². The van der Waals surface area contributed by atoms with Crippen LogP contribution in [0.25, 0.3) is 0 Å². The SMILES string of the molecule is NC(CN(C(=O)c1cnccn1)C1CCCC1)=NO. The molecule has 1 aromatic rings. The number of hydrogen-bond acceptors (Lipinski definition) is 5. The highest BCUT2D eigenvalue weighted by Crippen LogP contribution is 2.24. The molecule has 7 nitrogen and oxygen atoms in total. The normalized spacial score (nSPS) is 16.5. The van der Waals surface area contributed by atoms with Gasteiger partial charge in [-0.25, -0.2) is 4.98 Å². The number of carbonyl (C=O) groups is 1. The quantitative estimate of drug-likeness (QED) is 0.358. The maximum absolute atomic E-state index is 12.4. The first kappa shape index (κ1) is 13.3. The van der Waals surface area contributed by atoms with Crippen molar-refractivity contribution in [2.75, 3.05) is 6.54 Å². The monoisotopic (exact) mass is 263 g/mol. The van der Waals surface area contributed by atoms with Crippen molar-refractivity contribution in [1.82, 2.24) is 14.9 Å². The highest BCUT2D eigenvalue weighted by molar-refractivity contribution is 5.95. The molecule has 1 fully saturated rings. The smallest absolute Gasteiger partial charge is 0.274 e. The van der Waals surface area contributed by atoms with E-state index in [4.69, 9.17) is 10.9 Å². The maximum Gasteiger partial charge on any atom is 0.274 e. The Morgan fingerprint density at radius 2 is 2.21 bits per heavy atom. The van der Waals surface area contributed by atoms with Crippen molar-refractivity contribution in [2.24, 2.45) is 10.9 Å². The van der Waals surface area contributed by atoms with Crippen molar-refractivity contribution in [3.05, 3.63) is 24.3 Å². The van der Waals surface area contributed by atoms with E-state index in [-0.39, 0.29) is 30.0 Å². The first-order chi connectivity index (χ1) is 9.22. The van der Waals surface area contributed by atoms with Gasteiger partial charge in [-0.1, -0.05) is 18.0 Å². The molecule has 0 aromatic carbocycles. The molecule has 3 N–H and O–H groups in total. The van der Waals surface area contributed by atoms with Crippen molar-refractivity contribution in [1.29, 1.82) is 0 Å². The summed E-state index contributed by atoms with van der Waals surface area (Å²) in [4.78, 5) is 21.9. The van der Waals surface area contributed by atoms with Crippen LogP contribution in [-0.2, 0) is 0 Å². The third-order valence-corrected chi connectivity index (χ3v) is 3.27. The zero-order chi connectivity index (χ0) is 13.7. The summed E-state index contributed by atoms with van der Waals surface area (Å²) in [5.74, 6) is -0.212. The van der Waals surface area contributed by atoms with Crippen LogP contribution in [-0.4, -0.2) is 44.4 Å². The summed E-state index contributed by atoms with van der Waals surface area (Å²) in [6.07, 6.45) is 8.46. The Hall–Kier alpha value is -2.18. The predicted octanol–water partition coefficient (Wildman–Crippen LogP) is 0.608. The summed E-state index contributed by atoms with van der Waals surface area (Å²) in [7, 11) is 0. The summed E-state index contributed by atoms with van der Waals surface area (Å²) in [6.45, 7) is 0.108. The van der Waals surface area contributed by atoms with E-state index in [1.807, 2.05) is 0 Å². The molecule has 1 heterocycles. The molecule has 1 aliphatic rings. The Balaban J connectivity index is 2.19. The Labute approximate surface area is 111 Å². The largest absolute Gasteiger partial charge is 0.409 e. The molecule has 0 radical (unpaired) electrons. The second kappa shape index (κ2) is 6.12. The molecule has 1 amide bonds. The molecule has 7 heteroatoms. The van der Waals surface area contributed by atoms with E-state index < -0.39 is 0 Å². The van der Waals surface area contributed by atoms with Crippen LogP contribution in [0.5, 0.6) is 0 Å². The summed E-state index contributed by atoms with van der Waals surface area (Å²) in [6, 6.07) is 0.120. The Bertz CT molecular complexity index is 456. The zero-order valence-electron chi connectivity index (χ0n) is 10.6. The van der Waals surface area contributed by atoms with Crippen LogP contribution in [0.1, 0.15) is 36.2 Å². The van der Waals surface area contributed by atoms with Gasteiger partial charge in [0.2, 0.25) is 0 Å². The number of rotatable bonds is 4. The van der Waals surface area contributed by atoms with Crippen LogP contribution in [0, 0.1) is 0 Å². The molecule has 0 unspecified atom stereocenters. The summed E-state index contributed by atoms with van der Waals surface area (Å²) in [5.41, 5.74) is 5.81. The number of carbonyl (C=O) groups excluding carboxylic acids is 1. The van der Waals surface area contributed by atoms with Gasteiger partial charge in [-0.2, -0.15) is 0 Å². The van der Waals surface area contributed by atoms with Gasteiger partial charge >= 0.3 is 0 Å². The van der Waals surface area contributed by atoms with Crippen LogP contribution < -0.4 is 5.73 Å². The lowest BCUT2D eigenvalue weighted by Crippen LogP contribution is -2.44. The fraction of sp³-hybridized carbons (Fsp3) is 0.500. The van der Waals surface area contributed by atoms with Crippen molar-refractivity contribution >= 4 is 11.7 Å². The highest BCUT2D eigenvalue weighted by Gasteiger charge is 2.28. The van der Waals surface area contributed by atoms with Crippen LogP contribution in [0.2, 0.25) is 0 Å². The summed E-state index contributed by atoms with van der Waals surface area (Å²) >= 11 is 0. The van der Waals surface area contributed by atoms with Gasteiger partial charge in [0.05, 0.1) is 12.7 Å². The van der Waals surface area contributed by atoms with Gasteiger partial charge in [-0.3, -0.25) is 9.78 Å². The van der Waals surface area contributed by atoms with Crippen molar-refractivity contribution in [2.45, 2.75) is 31.7 Å². The van der Waals surface area contributed by atoms with Crippen molar-refractivity contribution in [3.8, 4) is 0 Å². The minimum atomic E-state index is -0.230. The van der Waals surface area contributed by atoms with E-state index in [1.54, 1.807) is 4.90 Å². The molecule has 0 spiro atoms. The number of amidine groups is 1. The highest BCUT2D eigenvalue weighted by atomic mass is 16.4. The molecule has 0 atom stereocenters. The Morgan fingerprint density at radius 1 is 1.47 bits per heavy atom. The first-order valence-corrected chi connectivity index (χ1v) is 6.25. The minimum absolute atomic E-state index is 0.0177. The van der Waals surface area contributed by atoms with Gasteiger partial charge in [0, 0.05) is 18.4 Å². The number of nitrogens with two attached hydrogens (primary N) is 1. The minimum Gasteiger partial charge on any atom is -0.409 e. The fourth-order valence-electron chi connectivity index (χ4n) is 2.35. The van der Waals surface area contributed by atoms with Crippen LogP contribution in [0.3, 0.4) is 0 Å². The first-order valence-electron chi connectivity index (χ1n) is 6.25. The third-order valence-electron chi connectivity index (χ3n) is 3.27. The molecule has 0 aliphatic heterocycles. The molecule has 19 heavy (non-hydrogen) atoms. The van der Waals surface area contributed by atoms with Gasteiger partial charge in [-0.15, -0.1) is 0 Å². The molecule has 0 bridgehead atoms. The van der Waals surface area contributed by atoms with Crippen LogP contribution in [0.15, 0.2) is 23.7 Å². The van der Waals surface area contributed by atoms with Gasteiger partial charge in [-0.05, 0) is 12.8 Å². The molecule has 1 aromatic heterocycles. The van der Waals surface area contributed by atoms with Crippen LogP contribution >= 0.6 is 0 Å². The average Bonchev–Trinajstić information content (AvgIpc) is 2.98. The van der Waals surface area contributed by atoms with E-state index in [2.05, 4.69) is 15.1 Å². The molecular formula is C12H17N5O2. The van der Waals surface area contributed by atoms with Gasteiger partial charge < -0.3 is 15.8 Å². The number of aromatic nitrogens is 2. The standard InChI is InChI=1S/C12H17N5O2/c13-11(16-19)8-17(9-3-1-2-4-9)12(18)10-7-14-5-6-15-10/h5-7,9,19H,1-4,8H2,(H2,13,16). The second-order valence-corrected chi connectivity index (χ2v) is 4.55. The van der Waals surface area contributed by atoms with Crippen molar-refractivity contribution < 1.29 is 10.0 Å². The number of nitrogens with zero attached hydrogens (tertiary/aromatic N) is 4. The lowest BCUT2D eigenvalue weighted by atomic mass is 10.2. The van der Waals surface area contributed by atoms with Gasteiger partial charge in [0.15, 0.2) is 5.84 Å². The maximum atomic E-state index is 12.4. The predicted molar refractivity (Wildman–Crippen MR) is 68.7 cm³/mol. The number of amides is 1. The van der Waals surface area contributed by atoms with E-state index in [0.29, 0.717) is 0 Å². The lowest BCUT2D eigenvalue weighted by molar-refractivity contribution is 0.0706.